The number of likely N-dealkylation sites (N-methyl/N-ethyl adjacent to an activating group) is 1. The number of Topliss-reactive ketones (excluding diaryl/α,β-unsaturated/α-hetero) is 1. The lowest BCUT2D eigenvalue weighted by Crippen LogP contribution is -2.50. The zero-order valence-corrected chi connectivity index (χ0v) is 12.2. The van der Waals surface area contributed by atoms with Crippen LogP contribution in [0.2, 0.25) is 0 Å². The Balaban J connectivity index is 2.02. The number of nitrogens with zero attached hydrogens (tertiary/aromatic N) is 2. The molecule has 108 valence electrons. The molecule has 0 N–H and O–H groups in total. The molecule has 4 heteroatoms. The summed E-state index contributed by atoms with van der Waals surface area (Å²) in [6.45, 7) is 1.44. The highest BCUT2D eigenvalue weighted by atomic mass is 16.2. The summed E-state index contributed by atoms with van der Waals surface area (Å²) in [6, 6.07) is 0.311. The van der Waals surface area contributed by atoms with Crippen LogP contribution in [0.1, 0.15) is 44.9 Å². The molecule has 1 saturated heterocycles. The average Bonchev–Trinajstić information content (AvgIpc) is 2.40. The number of rotatable bonds is 3. The van der Waals surface area contributed by atoms with Crippen LogP contribution < -0.4 is 0 Å². The third kappa shape index (κ3) is 3.56. The maximum absolute atomic E-state index is 12.1. The minimum atomic E-state index is 0.148. The summed E-state index contributed by atoms with van der Waals surface area (Å²) in [7, 11) is 3.60. The molecule has 2 unspecified atom stereocenters. The van der Waals surface area contributed by atoms with Gasteiger partial charge >= 0.3 is 0 Å². The fourth-order valence-corrected chi connectivity index (χ4v) is 3.40. The molecular formula is C15H26N2O2. The standard InChI is InChI=1S/C15H26N2O2/c1-16(2)15(19)11-17-10-6-5-8-13(17)12-7-3-4-9-14(12)18/h12-13H,3-11H2,1-2H3. The second kappa shape index (κ2) is 6.51. The van der Waals surface area contributed by atoms with E-state index >= 15 is 0 Å². The van der Waals surface area contributed by atoms with E-state index in [1.165, 1.54) is 12.8 Å². The predicted molar refractivity (Wildman–Crippen MR) is 74.9 cm³/mol. The monoisotopic (exact) mass is 266 g/mol. The zero-order chi connectivity index (χ0) is 13.8. The summed E-state index contributed by atoms with van der Waals surface area (Å²) in [4.78, 5) is 28.0. The van der Waals surface area contributed by atoms with E-state index in [2.05, 4.69) is 4.90 Å². The van der Waals surface area contributed by atoms with E-state index in [9.17, 15) is 9.59 Å². The molecule has 0 aromatic carbocycles. The van der Waals surface area contributed by atoms with Crippen LogP contribution in [-0.2, 0) is 9.59 Å². The fourth-order valence-electron chi connectivity index (χ4n) is 3.40. The molecule has 0 aromatic rings. The highest BCUT2D eigenvalue weighted by Crippen LogP contribution is 2.31. The summed E-state index contributed by atoms with van der Waals surface area (Å²) in [5.74, 6) is 0.764. The van der Waals surface area contributed by atoms with Crippen molar-refractivity contribution in [2.75, 3.05) is 27.2 Å². The van der Waals surface area contributed by atoms with Crippen molar-refractivity contribution in [1.82, 2.24) is 9.80 Å². The van der Waals surface area contributed by atoms with Crippen molar-refractivity contribution in [3.05, 3.63) is 0 Å². The van der Waals surface area contributed by atoms with Crippen LogP contribution in [0, 0.1) is 5.92 Å². The SMILES string of the molecule is CN(C)C(=O)CN1CCCCC1C1CCCCC1=O. The van der Waals surface area contributed by atoms with Gasteiger partial charge in [0.1, 0.15) is 5.78 Å². The third-order valence-electron chi connectivity index (χ3n) is 4.57. The summed E-state index contributed by atoms with van der Waals surface area (Å²) in [5.41, 5.74) is 0. The molecule has 4 nitrogen and oxygen atoms in total. The third-order valence-corrected chi connectivity index (χ3v) is 4.57. The van der Waals surface area contributed by atoms with Crippen molar-refractivity contribution in [1.29, 1.82) is 0 Å². The number of hydrogen-bond acceptors (Lipinski definition) is 3. The van der Waals surface area contributed by atoms with Crippen molar-refractivity contribution in [3.8, 4) is 0 Å². The second-order valence-corrected chi connectivity index (χ2v) is 6.14. The number of likely N-dealkylation sites (tertiary alicyclic amines) is 1. The number of carbonyl (C=O) groups excluding carboxylic acids is 2. The van der Waals surface area contributed by atoms with Crippen LogP contribution >= 0.6 is 0 Å². The smallest absolute Gasteiger partial charge is 0.236 e. The molecule has 19 heavy (non-hydrogen) atoms. The molecule has 1 saturated carbocycles. The topological polar surface area (TPSA) is 40.6 Å². The van der Waals surface area contributed by atoms with Crippen LogP contribution in [0.15, 0.2) is 0 Å². The molecule has 0 aromatic heterocycles. The van der Waals surface area contributed by atoms with Gasteiger partial charge < -0.3 is 4.90 Å². The van der Waals surface area contributed by atoms with Gasteiger partial charge in [-0.1, -0.05) is 12.8 Å². The molecular weight excluding hydrogens is 240 g/mol. The summed E-state index contributed by atoms with van der Waals surface area (Å²) < 4.78 is 0. The van der Waals surface area contributed by atoms with Crippen molar-refractivity contribution in [2.45, 2.75) is 51.0 Å². The van der Waals surface area contributed by atoms with E-state index in [1.54, 1.807) is 19.0 Å². The van der Waals surface area contributed by atoms with Crippen LogP contribution in [0.4, 0.5) is 0 Å². The molecule has 2 fully saturated rings. The van der Waals surface area contributed by atoms with Crippen molar-refractivity contribution in [2.24, 2.45) is 5.92 Å². The summed E-state index contributed by atoms with van der Waals surface area (Å²) in [6.07, 6.45) is 7.42. The van der Waals surface area contributed by atoms with E-state index in [0.29, 0.717) is 18.4 Å². The minimum absolute atomic E-state index is 0.148. The lowest BCUT2D eigenvalue weighted by molar-refractivity contribution is -0.134. The lowest BCUT2D eigenvalue weighted by Gasteiger charge is -2.41. The lowest BCUT2D eigenvalue weighted by atomic mass is 9.79. The zero-order valence-electron chi connectivity index (χ0n) is 12.2. The molecule has 2 aliphatic rings. The van der Waals surface area contributed by atoms with Crippen LogP contribution in [0.25, 0.3) is 0 Å². The largest absolute Gasteiger partial charge is 0.348 e. The molecule has 0 radical (unpaired) electrons. The molecule has 1 aliphatic carbocycles. The highest BCUT2D eigenvalue weighted by Gasteiger charge is 2.36. The first-order valence-corrected chi connectivity index (χ1v) is 7.56. The van der Waals surface area contributed by atoms with Crippen LogP contribution in [-0.4, -0.2) is 54.7 Å². The minimum Gasteiger partial charge on any atom is -0.348 e. The van der Waals surface area contributed by atoms with Gasteiger partial charge in [-0.3, -0.25) is 14.5 Å². The number of amides is 1. The fraction of sp³-hybridized carbons (Fsp3) is 0.867. The molecule has 0 spiro atoms. The van der Waals surface area contributed by atoms with Gasteiger partial charge in [-0.05, 0) is 32.2 Å². The Hall–Kier alpha value is -0.900. The number of carbonyl (C=O) groups is 2. The van der Waals surface area contributed by atoms with E-state index in [-0.39, 0.29) is 11.8 Å². The van der Waals surface area contributed by atoms with Crippen molar-refractivity contribution < 1.29 is 9.59 Å². The van der Waals surface area contributed by atoms with Gasteiger partial charge in [-0.25, -0.2) is 0 Å². The second-order valence-electron chi connectivity index (χ2n) is 6.14. The van der Waals surface area contributed by atoms with E-state index < -0.39 is 0 Å². The Labute approximate surface area is 116 Å². The van der Waals surface area contributed by atoms with Crippen molar-refractivity contribution in [3.63, 3.8) is 0 Å². The summed E-state index contributed by atoms with van der Waals surface area (Å²) in [5, 5.41) is 0. The van der Waals surface area contributed by atoms with Gasteiger partial charge in [0.15, 0.2) is 0 Å². The summed E-state index contributed by atoms with van der Waals surface area (Å²) >= 11 is 0. The first-order valence-electron chi connectivity index (χ1n) is 7.56. The van der Waals surface area contributed by atoms with E-state index in [4.69, 9.17) is 0 Å². The number of piperidine rings is 1. The Morgan fingerprint density at radius 2 is 1.95 bits per heavy atom. The maximum atomic E-state index is 12.1. The van der Waals surface area contributed by atoms with Gasteiger partial charge in [0.2, 0.25) is 5.91 Å². The average molecular weight is 266 g/mol. The Morgan fingerprint density at radius 1 is 1.21 bits per heavy atom. The quantitative estimate of drug-likeness (QED) is 0.780. The molecule has 2 rings (SSSR count). The van der Waals surface area contributed by atoms with Crippen molar-refractivity contribution >= 4 is 11.7 Å². The first-order chi connectivity index (χ1) is 9.09. The van der Waals surface area contributed by atoms with Gasteiger partial charge in [-0.2, -0.15) is 0 Å². The molecule has 0 bridgehead atoms. The molecule has 1 aliphatic heterocycles. The first kappa shape index (κ1) is 14.5. The van der Waals surface area contributed by atoms with E-state index in [0.717, 1.165) is 38.6 Å². The maximum Gasteiger partial charge on any atom is 0.236 e. The number of hydrogen-bond donors (Lipinski definition) is 0. The van der Waals surface area contributed by atoms with Gasteiger partial charge in [0.05, 0.1) is 6.54 Å². The molecule has 1 heterocycles. The van der Waals surface area contributed by atoms with Gasteiger partial charge in [-0.15, -0.1) is 0 Å². The normalized spacial score (nSPS) is 29.3. The van der Waals surface area contributed by atoms with Gasteiger partial charge in [0.25, 0.3) is 0 Å². The Morgan fingerprint density at radius 3 is 2.63 bits per heavy atom. The van der Waals surface area contributed by atoms with Crippen LogP contribution in [0.5, 0.6) is 0 Å². The highest BCUT2D eigenvalue weighted by molar-refractivity contribution is 5.82. The molecule has 1 amide bonds. The van der Waals surface area contributed by atoms with E-state index in [1.807, 2.05) is 0 Å². The Kier molecular flexibility index (Phi) is 4.97. The number of ketones is 1. The van der Waals surface area contributed by atoms with Crippen LogP contribution in [0.3, 0.4) is 0 Å². The Bertz CT molecular complexity index is 341. The van der Waals surface area contributed by atoms with Gasteiger partial charge in [0, 0.05) is 32.5 Å². The predicted octanol–water partition coefficient (Wildman–Crippen LogP) is 1.69. The molecule has 2 atom stereocenters.